The van der Waals surface area contributed by atoms with Crippen LogP contribution in [0.4, 0.5) is 0 Å². The number of hydrogen-bond acceptors (Lipinski definition) is 7. The minimum absolute atomic E-state index is 0.0194. The van der Waals surface area contributed by atoms with E-state index in [1.165, 1.54) is 11.4 Å². The van der Waals surface area contributed by atoms with Crippen molar-refractivity contribution in [3.05, 3.63) is 51.9 Å². The van der Waals surface area contributed by atoms with Crippen LogP contribution >= 0.6 is 22.7 Å². The summed E-state index contributed by atoms with van der Waals surface area (Å²) in [7, 11) is -3.77. The van der Waals surface area contributed by atoms with E-state index in [2.05, 4.69) is 15.3 Å². The van der Waals surface area contributed by atoms with Gasteiger partial charge >= 0.3 is 0 Å². The number of nitrogens with one attached hydrogen (secondary N) is 1. The van der Waals surface area contributed by atoms with Crippen LogP contribution in [0, 0.1) is 0 Å². The number of aromatic nitrogens is 2. The molecule has 0 aliphatic heterocycles. The molecule has 0 aliphatic carbocycles. The van der Waals surface area contributed by atoms with Crippen LogP contribution < -0.4 is 10.5 Å². The highest BCUT2D eigenvalue weighted by Gasteiger charge is 2.15. The van der Waals surface area contributed by atoms with Gasteiger partial charge in [-0.15, -0.1) is 22.7 Å². The minimum Gasteiger partial charge on any atom is -0.352 e. The topological polar surface area (TPSA) is 115 Å². The van der Waals surface area contributed by atoms with E-state index in [1.54, 1.807) is 23.7 Å². The van der Waals surface area contributed by atoms with E-state index in [4.69, 9.17) is 5.14 Å². The number of sulfonamides is 1. The lowest BCUT2D eigenvalue weighted by Crippen LogP contribution is -2.24. The zero-order valence-corrected chi connectivity index (χ0v) is 16.0. The minimum atomic E-state index is -3.77. The number of nitrogens with zero attached hydrogens (tertiary/aromatic N) is 2. The number of aryl methyl sites for hydroxylation is 1. The molecule has 3 rings (SSSR count). The number of hydrogen-bond donors (Lipinski definition) is 2. The van der Waals surface area contributed by atoms with Crippen LogP contribution in [0.2, 0.25) is 0 Å². The number of carbonyl (C=O) groups is 1. The van der Waals surface area contributed by atoms with Crippen molar-refractivity contribution in [3.63, 3.8) is 0 Å². The van der Waals surface area contributed by atoms with Crippen molar-refractivity contribution in [1.82, 2.24) is 15.3 Å². The quantitative estimate of drug-likeness (QED) is 0.582. The first-order valence-corrected chi connectivity index (χ1v) is 11.0. The summed E-state index contributed by atoms with van der Waals surface area (Å²) in [6.07, 6.45) is 4.95. The van der Waals surface area contributed by atoms with Crippen LogP contribution in [-0.2, 0) is 16.4 Å². The van der Waals surface area contributed by atoms with Gasteiger partial charge in [-0.3, -0.25) is 9.78 Å². The highest BCUT2D eigenvalue weighted by atomic mass is 32.2. The van der Waals surface area contributed by atoms with Crippen molar-refractivity contribution < 1.29 is 13.2 Å². The van der Waals surface area contributed by atoms with Gasteiger partial charge in [0, 0.05) is 41.7 Å². The molecule has 136 valence electrons. The molecule has 0 bridgehead atoms. The van der Waals surface area contributed by atoms with Gasteiger partial charge in [-0.2, -0.15) is 0 Å². The molecule has 0 atom stereocenters. The van der Waals surface area contributed by atoms with E-state index in [0.29, 0.717) is 12.1 Å². The fourth-order valence-electron chi connectivity index (χ4n) is 2.21. The van der Waals surface area contributed by atoms with Crippen LogP contribution in [0.1, 0.15) is 21.8 Å². The summed E-state index contributed by atoms with van der Waals surface area (Å²) in [4.78, 5) is 20.6. The molecule has 1 amide bonds. The second kappa shape index (κ2) is 8.04. The summed E-state index contributed by atoms with van der Waals surface area (Å²) in [6, 6.07) is 5.11. The summed E-state index contributed by atoms with van der Waals surface area (Å²) >= 11 is 2.52. The summed E-state index contributed by atoms with van der Waals surface area (Å²) in [5.41, 5.74) is 2.25. The van der Waals surface area contributed by atoms with Crippen molar-refractivity contribution in [2.45, 2.75) is 17.1 Å². The highest BCUT2D eigenvalue weighted by molar-refractivity contribution is 7.91. The maximum atomic E-state index is 12.0. The molecular weight excluding hydrogens is 392 g/mol. The van der Waals surface area contributed by atoms with Crippen molar-refractivity contribution >= 4 is 38.6 Å². The van der Waals surface area contributed by atoms with Crippen LogP contribution in [0.3, 0.4) is 0 Å². The Labute approximate surface area is 159 Å². The third-order valence-corrected chi connectivity index (χ3v) is 6.79. The molecule has 0 saturated heterocycles. The van der Waals surface area contributed by atoms with Crippen molar-refractivity contribution in [1.29, 1.82) is 0 Å². The first kappa shape index (κ1) is 18.6. The Balaban J connectivity index is 1.48. The van der Waals surface area contributed by atoms with Gasteiger partial charge in [0.25, 0.3) is 5.91 Å². The molecule has 3 heterocycles. The standard InChI is InChI=1S/C16H16N4O3S3/c17-26(22,23)15-8-12(9-25-15)16(21)19-5-1-2-14-20-13(10-24-14)11-3-6-18-7-4-11/h3-4,6-10H,1-2,5H2,(H,19,21)(H2,17,22,23). The molecule has 7 nitrogen and oxygen atoms in total. The average Bonchev–Trinajstić information content (AvgIpc) is 3.28. The first-order chi connectivity index (χ1) is 12.4. The molecule has 3 aromatic rings. The van der Waals surface area contributed by atoms with Crippen LogP contribution in [0.5, 0.6) is 0 Å². The molecule has 3 N–H and O–H groups in total. The van der Waals surface area contributed by atoms with Gasteiger partial charge in [0.2, 0.25) is 10.0 Å². The van der Waals surface area contributed by atoms with E-state index >= 15 is 0 Å². The predicted molar refractivity (Wildman–Crippen MR) is 102 cm³/mol. The summed E-state index contributed by atoms with van der Waals surface area (Å²) in [6.45, 7) is 0.476. The fourth-order valence-corrected chi connectivity index (χ4v) is 4.64. The van der Waals surface area contributed by atoms with E-state index in [9.17, 15) is 13.2 Å². The Morgan fingerprint density at radius 3 is 2.65 bits per heavy atom. The number of pyridine rings is 1. The van der Waals surface area contributed by atoms with Gasteiger partial charge in [0.05, 0.1) is 16.3 Å². The zero-order chi connectivity index (χ0) is 18.6. The molecule has 10 heteroatoms. The zero-order valence-electron chi connectivity index (χ0n) is 13.6. The fraction of sp³-hybridized carbons (Fsp3) is 0.188. The van der Waals surface area contributed by atoms with Gasteiger partial charge < -0.3 is 5.32 Å². The van der Waals surface area contributed by atoms with Gasteiger partial charge in [-0.25, -0.2) is 18.5 Å². The molecule has 0 spiro atoms. The smallest absolute Gasteiger partial charge is 0.252 e. The number of carbonyl (C=O) groups excluding carboxylic acids is 1. The van der Waals surface area contributed by atoms with Crippen molar-refractivity contribution in [2.24, 2.45) is 5.14 Å². The van der Waals surface area contributed by atoms with Gasteiger partial charge in [0.1, 0.15) is 4.21 Å². The molecule has 0 aromatic carbocycles. The Hall–Kier alpha value is -2.14. The van der Waals surface area contributed by atoms with Crippen LogP contribution in [0.15, 0.2) is 45.6 Å². The molecule has 26 heavy (non-hydrogen) atoms. The number of rotatable bonds is 7. The Morgan fingerprint density at radius 2 is 1.96 bits per heavy atom. The normalized spacial score (nSPS) is 11.4. The average molecular weight is 409 g/mol. The molecule has 0 radical (unpaired) electrons. The van der Waals surface area contributed by atoms with Crippen LogP contribution in [0.25, 0.3) is 11.3 Å². The van der Waals surface area contributed by atoms with E-state index < -0.39 is 10.0 Å². The number of thiophene rings is 1. The van der Waals surface area contributed by atoms with Gasteiger partial charge in [-0.1, -0.05) is 0 Å². The molecule has 3 aromatic heterocycles. The van der Waals surface area contributed by atoms with E-state index in [0.717, 1.165) is 40.4 Å². The maximum absolute atomic E-state index is 12.0. The van der Waals surface area contributed by atoms with E-state index in [1.807, 2.05) is 17.5 Å². The Morgan fingerprint density at radius 1 is 1.19 bits per heavy atom. The lowest BCUT2D eigenvalue weighted by Gasteiger charge is -2.02. The Bertz CT molecular complexity index is 997. The molecule has 0 unspecified atom stereocenters. The molecule has 0 aliphatic rings. The third-order valence-electron chi connectivity index (χ3n) is 3.50. The predicted octanol–water partition coefficient (Wildman–Crippen LogP) is 2.28. The third kappa shape index (κ3) is 4.73. The number of nitrogens with two attached hydrogens (primary N) is 1. The molecule has 0 fully saturated rings. The lowest BCUT2D eigenvalue weighted by atomic mass is 10.2. The molecular formula is C16H16N4O3S3. The SMILES string of the molecule is NS(=O)(=O)c1cc(C(=O)NCCCc2nc(-c3ccncc3)cs2)cs1. The summed E-state index contributed by atoms with van der Waals surface area (Å²) < 4.78 is 22.5. The van der Waals surface area contributed by atoms with Crippen LogP contribution in [-0.4, -0.2) is 30.8 Å². The first-order valence-electron chi connectivity index (χ1n) is 7.68. The largest absolute Gasteiger partial charge is 0.352 e. The van der Waals surface area contributed by atoms with Gasteiger partial charge in [-0.05, 0) is 24.6 Å². The van der Waals surface area contributed by atoms with Crippen molar-refractivity contribution in [3.8, 4) is 11.3 Å². The highest BCUT2D eigenvalue weighted by Crippen LogP contribution is 2.22. The van der Waals surface area contributed by atoms with Crippen molar-refractivity contribution in [2.75, 3.05) is 6.54 Å². The maximum Gasteiger partial charge on any atom is 0.252 e. The molecule has 0 saturated carbocycles. The van der Waals surface area contributed by atoms with E-state index in [-0.39, 0.29) is 10.1 Å². The Kier molecular flexibility index (Phi) is 5.77. The summed E-state index contributed by atoms with van der Waals surface area (Å²) in [5, 5.41) is 12.3. The number of amides is 1. The van der Waals surface area contributed by atoms with Gasteiger partial charge in [0.15, 0.2) is 0 Å². The monoisotopic (exact) mass is 408 g/mol. The second-order valence-corrected chi connectivity index (χ2v) is 9.06. The second-order valence-electron chi connectivity index (χ2n) is 5.42. The number of primary sulfonamides is 1. The summed E-state index contributed by atoms with van der Waals surface area (Å²) in [5.74, 6) is -0.312. The number of thiazole rings is 1. The lowest BCUT2D eigenvalue weighted by molar-refractivity contribution is 0.0953.